The van der Waals surface area contributed by atoms with Gasteiger partial charge < -0.3 is 15.2 Å². The molecular formula is C21H23BrFNO3. The van der Waals surface area contributed by atoms with Gasteiger partial charge in [0.1, 0.15) is 11.6 Å². The molecule has 0 aliphatic heterocycles. The van der Waals surface area contributed by atoms with Crippen LogP contribution in [0.1, 0.15) is 52.9 Å². The van der Waals surface area contributed by atoms with Crippen molar-refractivity contribution in [3.63, 3.8) is 0 Å². The second-order valence-electron chi connectivity index (χ2n) is 6.84. The number of rotatable bonds is 7. The number of nitrogens with one attached hydrogen (secondary N) is 1. The first-order chi connectivity index (χ1) is 12.9. The fourth-order valence-corrected chi connectivity index (χ4v) is 3.81. The molecule has 1 saturated carbocycles. The van der Waals surface area contributed by atoms with E-state index in [2.05, 4.69) is 21.2 Å². The van der Waals surface area contributed by atoms with Gasteiger partial charge in [-0.25, -0.2) is 4.39 Å². The number of hydrogen-bond donors (Lipinski definition) is 2. The van der Waals surface area contributed by atoms with Crippen LogP contribution >= 0.6 is 15.9 Å². The van der Waals surface area contributed by atoms with Gasteiger partial charge in [0, 0.05) is 0 Å². The molecule has 0 heterocycles. The largest absolute Gasteiger partial charge is 0.492 e. The van der Waals surface area contributed by atoms with E-state index in [1.54, 1.807) is 31.2 Å². The number of aliphatic hydroxyl groups is 1. The van der Waals surface area contributed by atoms with Gasteiger partial charge in [-0.1, -0.05) is 12.1 Å². The minimum atomic E-state index is -0.270. The van der Waals surface area contributed by atoms with Crippen molar-refractivity contribution < 1.29 is 19.0 Å². The van der Waals surface area contributed by atoms with Crippen molar-refractivity contribution in [2.45, 2.75) is 39.3 Å². The first-order valence-electron chi connectivity index (χ1n) is 9.07. The number of carbonyl (C=O) groups is 1. The molecule has 0 unspecified atom stereocenters. The van der Waals surface area contributed by atoms with E-state index in [0.29, 0.717) is 39.4 Å². The van der Waals surface area contributed by atoms with Crippen LogP contribution in [0.2, 0.25) is 0 Å². The molecule has 1 aliphatic rings. The topological polar surface area (TPSA) is 58.6 Å². The maximum absolute atomic E-state index is 13.6. The average molecular weight is 436 g/mol. The van der Waals surface area contributed by atoms with Crippen molar-refractivity contribution in [3.8, 4) is 5.75 Å². The van der Waals surface area contributed by atoms with Crippen LogP contribution in [-0.4, -0.2) is 17.6 Å². The van der Waals surface area contributed by atoms with Gasteiger partial charge in [-0.15, -0.1) is 0 Å². The molecule has 144 valence electrons. The van der Waals surface area contributed by atoms with Gasteiger partial charge in [-0.3, -0.25) is 4.79 Å². The molecule has 1 aliphatic carbocycles. The minimum Gasteiger partial charge on any atom is -0.492 e. The summed E-state index contributed by atoms with van der Waals surface area (Å²) in [6.07, 6.45) is 2.06. The molecule has 0 spiro atoms. The van der Waals surface area contributed by atoms with E-state index in [4.69, 9.17) is 4.74 Å². The predicted octanol–water partition coefficient (Wildman–Crippen LogP) is 4.67. The lowest BCUT2D eigenvalue weighted by Gasteiger charge is -2.21. The third-order valence-electron chi connectivity index (χ3n) is 4.74. The quantitative estimate of drug-likeness (QED) is 0.664. The number of aryl methyl sites for hydroxylation is 1. The molecule has 1 amide bonds. The van der Waals surface area contributed by atoms with E-state index in [-0.39, 0.29) is 24.4 Å². The molecule has 1 fully saturated rings. The van der Waals surface area contributed by atoms with Crippen LogP contribution in [0.15, 0.2) is 34.8 Å². The molecule has 2 aromatic carbocycles. The number of ether oxygens (including phenoxy) is 1. The van der Waals surface area contributed by atoms with Gasteiger partial charge in [0.15, 0.2) is 0 Å². The average Bonchev–Trinajstić information content (AvgIpc) is 3.48. The molecule has 0 radical (unpaired) electrons. The number of halogens is 2. The number of amides is 1. The van der Waals surface area contributed by atoms with Gasteiger partial charge in [0.25, 0.3) is 5.91 Å². The van der Waals surface area contributed by atoms with E-state index in [1.807, 2.05) is 6.92 Å². The summed E-state index contributed by atoms with van der Waals surface area (Å²) in [6.45, 7) is 3.82. The Morgan fingerprint density at radius 3 is 2.70 bits per heavy atom. The molecule has 6 heteroatoms. The van der Waals surface area contributed by atoms with Gasteiger partial charge in [0.05, 0.1) is 29.3 Å². The van der Waals surface area contributed by atoms with Crippen LogP contribution in [0.4, 0.5) is 4.39 Å². The molecule has 0 bridgehead atoms. The highest BCUT2D eigenvalue weighted by Crippen LogP contribution is 2.42. The molecule has 1 atom stereocenters. The van der Waals surface area contributed by atoms with Crippen LogP contribution < -0.4 is 10.1 Å². The highest BCUT2D eigenvalue weighted by atomic mass is 79.9. The Bertz CT molecular complexity index is 852. The summed E-state index contributed by atoms with van der Waals surface area (Å²) < 4.78 is 19.9. The molecule has 3 rings (SSSR count). The highest BCUT2D eigenvalue weighted by Gasteiger charge is 2.34. The molecule has 0 saturated heterocycles. The molecule has 0 aromatic heterocycles. The summed E-state index contributed by atoms with van der Waals surface area (Å²) in [4.78, 5) is 13.1. The SMILES string of the molecule is CCOc1c(Br)cc(CO)cc1C(=O)N[C@H](c1ccc(F)c(C)c1)C1CC1. The van der Waals surface area contributed by atoms with E-state index in [0.717, 1.165) is 18.4 Å². The van der Waals surface area contributed by atoms with E-state index in [9.17, 15) is 14.3 Å². The molecule has 4 nitrogen and oxygen atoms in total. The van der Waals surface area contributed by atoms with Crippen LogP contribution in [0, 0.1) is 18.7 Å². The zero-order valence-corrected chi connectivity index (χ0v) is 17.0. The number of hydrogen-bond acceptors (Lipinski definition) is 3. The Labute approximate surface area is 166 Å². The van der Waals surface area contributed by atoms with Gasteiger partial charge in [0.2, 0.25) is 0 Å². The summed E-state index contributed by atoms with van der Waals surface area (Å²) in [7, 11) is 0. The Kier molecular flexibility index (Phi) is 6.17. The van der Waals surface area contributed by atoms with Crippen molar-refractivity contribution >= 4 is 21.8 Å². The summed E-state index contributed by atoms with van der Waals surface area (Å²) in [6, 6.07) is 8.18. The Balaban J connectivity index is 1.92. The number of benzene rings is 2. The molecule has 27 heavy (non-hydrogen) atoms. The monoisotopic (exact) mass is 435 g/mol. The van der Waals surface area contributed by atoms with E-state index < -0.39 is 0 Å². The highest BCUT2D eigenvalue weighted by molar-refractivity contribution is 9.10. The van der Waals surface area contributed by atoms with Crippen LogP contribution in [0.25, 0.3) is 0 Å². The predicted molar refractivity (Wildman–Crippen MR) is 105 cm³/mol. The summed E-state index contributed by atoms with van der Waals surface area (Å²) >= 11 is 3.42. The number of carbonyl (C=O) groups excluding carboxylic acids is 1. The van der Waals surface area contributed by atoms with Crippen LogP contribution in [0.5, 0.6) is 5.75 Å². The van der Waals surface area contributed by atoms with Crippen LogP contribution in [0.3, 0.4) is 0 Å². The Morgan fingerprint density at radius 1 is 1.37 bits per heavy atom. The van der Waals surface area contributed by atoms with Crippen molar-refractivity contribution in [1.29, 1.82) is 0 Å². The maximum Gasteiger partial charge on any atom is 0.255 e. The van der Waals surface area contributed by atoms with Gasteiger partial charge in [-0.2, -0.15) is 0 Å². The van der Waals surface area contributed by atoms with Gasteiger partial charge in [-0.05, 0) is 83.4 Å². The first kappa shape index (κ1) is 19.8. The molecular weight excluding hydrogens is 413 g/mol. The van der Waals surface area contributed by atoms with Crippen molar-refractivity contribution in [1.82, 2.24) is 5.32 Å². The lowest BCUT2D eigenvalue weighted by atomic mass is 9.99. The molecule has 2 aromatic rings. The third-order valence-corrected chi connectivity index (χ3v) is 5.33. The Hall–Kier alpha value is -1.92. The normalized spacial score (nSPS) is 14.7. The second-order valence-corrected chi connectivity index (χ2v) is 7.70. The fourth-order valence-electron chi connectivity index (χ4n) is 3.18. The maximum atomic E-state index is 13.6. The van der Waals surface area contributed by atoms with Crippen LogP contribution in [-0.2, 0) is 6.61 Å². The zero-order chi connectivity index (χ0) is 19.6. The Morgan fingerprint density at radius 2 is 2.11 bits per heavy atom. The smallest absolute Gasteiger partial charge is 0.255 e. The lowest BCUT2D eigenvalue weighted by molar-refractivity contribution is 0.0927. The van der Waals surface area contributed by atoms with E-state index in [1.165, 1.54) is 6.07 Å². The number of aliphatic hydroxyl groups excluding tert-OH is 1. The van der Waals surface area contributed by atoms with E-state index >= 15 is 0 Å². The summed E-state index contributed by atoms with van der Waals surface area (Å²) in [5.41, 5.74) is 2.46. The third kappa shape index (κ3) is 4.50. The van der Waals surface area contributed by atoms with Gasteiger partial charge >= 0.3 is 0 Å². The van der Waals surface area contributed by atoms with Crippen molar-refractivity contribution in [3.05, 3.63) is 62.9 Å². The fraction of sp³-hybridized carbons (Fsp3) is 0.381. The first-order valence-corrected chi connectivity index (χ1v) is 9.86. The lowest BCUT2D eigenvalue weighted by Crippen LogP contribution is -2.30. The standard InChI is InChI=1S/C21H23BrFNO3/c1-3-27-20-16(9-13(11-25)10-17(20)22)21(26)24-19(14-4-5-14)15-6-7-18(23)12(2)8-15/h6-10,14,19,25H,3-5,11H2,1-2H3,(H,24,26)/t19-/m0/s1. The minimum absolute atomic E-state index is 0.172. The summed E-state index contributed by atoms with van der Waals surface area (Å²) in [5.74, 6) is 0.280. The second kappa shape index (κ2) is 8.40. The van der Waals surface area contributed by atoms with Crippen molar-refractivity contribution in [2.24, 2.45) is 5.92 Å². The molecule has 2 N–H and O–H groups in total. The van der Waals surface area contributed by atoms with Crippen molar-refractivity contribution in [2.75, 3.05) is 6.61 Å². The zero-order valence-electron chi connectivity index (χ0n) is 15.4. The summed E-state index contributed by atoms with van der Waals surface area (Å²) in [5, 5.41) is 12.6.